The molecule has 4 rings (SSSR count). The first kappa shape index (κ1) is 21.5. The van der Waals surface area contributed by atoms with Crippen molar-refractivity contribution < 1.29 is 4.79 Å². The number of carbonyl (C=O) groups is 1. The van der Waals surface area contributed by atoms with Crippen molar-refractivity contribution in [3.63, 3.8) is 0 Å². The van der Waals surface area contributed by atoms with Crippen LogP contribution in [0.2, 0.25) is 0 Å². The maximum absolute atomic E-state index is 12.6. The van der Waals surface area contributed by atoms with Gasteiger partial charge in [-0.3, -0.25) is 9.69 Å². The number of pyridine rings is 1. The molecule has 1 fully saturated rings. The number of rotatable bonds is 7. The van der Waals surface area contributed by atoms with Gasteiger partial charge in [0.05, 0.1) is 5.69 Å². The Morgan fingerprint density at radius 1 is 1.06 bits per heavy atom. The molecule has 0 aliphatic carbocycles. The molecule has 0 saturated carbocycles. The summed E-state index contributed by atoms with van der Waals surface area (Å²) in [5.74, 6) is 1.04. The Bertz CT molecular complexity index is 981. The molecule has 1 aliphatic rings. The van der Waals surface area contributed by atoms with Gasteiger partial charge in [-0.15, -0.1) is 11.3 Å². The lowest BCUT2D eigenvalue weighted by Gasteiger charge is -2.35. The molecule has 0 unspecified atom stereocenters. The number of amides is 1. The van der Waals surface area contributed by atoms with Gasteiger partial charge in [0, 0.05) is 50.7 Å². The quantitative estimate of drug-likeness (QED) is 0.604. The van der Waals surface area contributed by atoms with Crippen LogP contribution < -0.4 is 10.2 Å². The minimum atomic E-state index is -0.223. The highest BCUT2D eigenvalue weighted by Gasteiger charge is 2.25. The molecule has 0 spiro atoms. The van der Waals surface area contributed by atoms with Crippen LogP contribution in [0.1, 0.15) is 31.5 Å². The van der Waals surface area contributed by atoms with Gasteiger partial charge in [0.2, 0.25) is 5.91 Å². The third-order valence-electron chi connectivity index (χ3n) is 5.69. The van der Waals surface area contributed by atoms with E-state index in [0.717, 1.165) is 49.8 Å². The van der Waals surface area contributed by atoms with Crippen LogP contribution in [-0.4, -0.2) is 47.0 Å². The lowest BCUT2D eigenvalue weighted by atomic mass is 9.81. The predicted octanol–water partition coefficient (Wildman–Crippen LogP) is 4.17. The van der Waals surface area contributed by atoms with Gasteiger partial charge in [0.25, 0.3) is 0 Å². The topological polar surface area (TPSA) is 61.4 Å². The number of hydrogen-bond donors (Lipinski definition) is 1. The number of nitrogens with one attached hydrogen (secondary N) is 1. The molecule has 0 atom stereocenters. The molecular weight excluding hydrogens is 406 g/mol. The van der Waals surface area contributed by atoms with E-state index >= 15 is 0 Å². The summed E-state index contributed by atoms with van der Waals surface area (Å²) in [6.45, 7) is 8.86. The van der Waals surface area contributed by atoms with E-state index in [1.165, 1.54) is 11.3 Å². The van der Waals surface area contributed by atoms with Crippen LogP contribution in [0.4, 0.5) is 10.9 Å². The third kappa shape index (κ3) is 5.68. The lowest BCUT2D eigenvalue weighted by molar-refractivity contribution is -0.117. The molecule has 3 heterocycles. The first-order chi connectivity index (χ1) is 15.0. The summed E-state index contributed by atoms with van der Waals surface area (Å²) in [5, 5.41) is 5.71. The highest BCUT2D eigenvalue weighted by atomic mass is 32.1. The molecule has 1 N–H and O–H groups in total. The van der Waals surface area contributed by atoms with Crippen LogP contribution in [0.5, 0.6) is 0 Å². The summed E-state index contributed by atoms with van der Waals surface area (Å²) in [7, 11) is 0. The molecule has 6 nitrogen and oxygen atoms in total. The molecule has 31 heavy (non-hydrogen) atoms. The van der Waals surface area contributed by atoms with E-state index in [4.69, 9.17) is 0 Å². The summed E-state index contributed by atoms with van der Waals surface area (Å²) < 4.78 is 0. The van der Waals surface area contributed by atoms with Crippen LogP contribution in [0, 0.1) is 0 Å². The first-order valence-electron chi connectivity index (χ1n) is 10.7. The van der Waals surface area contributed by atoms with Crippen molar-refractivity contribution in [3.05, 3.63) is 71.4 Å². The zero-order chi connectivity index (χ0) is 21.7. The zero-order valence-electron chi connectivity index (χ0n) is 18.1. The molecule has 0 radical (unpaired) electrons. The van der Waals surface area contributed by atoms with Gasteiger partial charge in [0.1, 0.15) is 5.82 Å². The third-order valence-corrected chi connectivity index (χ3v) is 6.49. The Labute approximate surface area is 187 Å². The lowest BCUT2D eigenvalue weighted by Crippen LogP contribution is -2.46. The number of anilines is 2. The van der Waals surface area contributed by atoms with Gasteiger partial charge in [0.15, 0.2) is 5.13 Å². The monoisotopic (exact) mass is 435 g/mol. The van der Waals surface area contributed by atoms with Crippen molar-refractivity contribution in [2.24, 2.45) is 0 Å². The minimum absolute atomic E-state index is 0.00118. The average molecular weight is 436 g/mol. The van der Waals surface area contributed by atoms with E-state index in [2.05, 4.69) is 57.1 Å². The number of hydrogen-bond acceptors (Lipinski definition) is 6. The van der Waals surface area contributed by atoms with E-state index < -0.39 is 0 Å². The van der Waals surface area contributed by atoms with Crippen molar-refractivity contribution >= 4 is 28.2 Å². The zero-order valence-corrected chi connectivity index (χ0v) is 18.9. The second kappa shape index (κ2) is 9.58. The molecule has 162 valence electrons. The van der Waals surface area contributed by atoms with Crippen LogP contribution in [0.25, 0.3) is 0 Å². The number of piperazine rings is 1. The van der Waals surface area contributed by atoms with Crippen molar-refractivity contribution in [2.45, 2.75) is 32.2 Å². The SMILES string of the molecule is CC(C)(CC(=O)Nc1nc(CN2CCN(c3ccccn3)CC2)cs1)c1ccccc1. The van der Waals surface area contributed by atoms with Crippen molar-refractivity contribution in [1.82, 2.24) is 14.9 Å². The molecular formula is C24H29N5OS. The van der Waals surface area contributed by atoms with E-state index in [1.807, 2.05) is 41.9 Å². The van der Waals surface area contributed by atoms with E-state index in [-0.39, 0.29) is 11.3 Å². The Kier molecular flexibility index (Phi) is 6.63. The van der Waals surface area contributed by atoms with Crippen LogP contribution >= 0.6 is 11.3 Å². The normalized spacial score (nSPS) is 15.1. The highest BCUT2D eigenvalue weighted by molar-refractivity contribution is 7.13. The molecule has 1 aliphatic heterocycles. The predicted molar refractivity (Wildman–Crippen MR) is 127 cm³/mol. The second-order valence-electron chi connectivity index (χ2n) is 8.57. The number of carbonyl (C=O) groups excluding carboxylic acids is 1. The fourth-order valence-corrected chi connectivity index (χ4v) is 4.62. The van der Waals surface area contributed by atoms with Crippen molar-refractivity contribution in [1.29, 1.82) is 0 Å². The Balaban J connectivity index is 1.26. The Morgan fingerprint density at radius 3 is 2.52 bits per heavy atom. The summed E-state index contributed by atoms with van der Waals surface area (Å²) in [6.07, 6.45) is 2.26. The molecule has 7 heteroatoms. The first-order valence-corrected chi connectivity index (χ1v) is 11.6. The molecule has 1 aromatic carbocycles. The second-order valence-corrected chi connectivity index (χ2v) is 9.43. The fraction of sp³-hybridized carbons (Fsp3) is 0.375. The van der Waals surface area contributed by atoms with Gasteiger partial charge in [-0.05, 0) is 23.1 Å². The smallest absolute Gasteiger partial charge is 0.227 e. The van der Waals surface area contributed by atoms with Crippen LogP contribution in [-0.2, 0) is 16.8 Å². The maximum atomic E-state index is 12.6. The van der Waals surface area contributed by atoms with Gasteiger partial charge < -0.3 is 10.2 Å². The fourth-order valence-electron chi connectivity index (χ4n) is 3.90. The minimum Gasteiger partial charge on any atom is -0.354 e. The highest BCUT2D eigenvalue weighted by Crippen LogP contribution is 2.28. The van der Waals surface area contributed by atoms with E-state index in [0.29, 0.717) is 11.6 Å². The number of nitrogens with zero attached hydrogens (tertiary/aromatic N) is 4. The van der Waals surface area contributed by atoms with Gasteiger partial charge in [-0.2, -0.15) is 0 Å². The summed E-state index contributed by atoms with van der Waals surface area (Å²) in [4.78, 5) is 26.4. The van der Waals surface area contributed by atoms with E-state index in [1.54, 1.807) is 0 Å². The Hall–Kier alpha value is -2.77. The molecule has 0 bridgehead atoms. The van der Waals surface area contributed by atoms with Crippen LogP contribution in [0.15, 0.2) is 60.1 Å². The van der Waals surface area contributed by atoms with Gasteiger partial charge in [-0.1, -0.05) is 50.2 Å². The number of thiazole rings is 1. The summed E-state index contributed by atoms with van der Waals surface area (Å²) in [6, 6.07) is 16.2. The molecule has 1 saturated heterocycles. The van der Waals surface area contributed by atoms with Crippen molar-refractivity contribution in [2.75, 3.05) is 36.4 Å². The molecule has 3 aromatic rings. The molecule has 2 aromatic heterocycles. The molecule has 1 amide bonds. The van der Waals surface area contributed by atoms with Gasteiger partial charge in [-0.25, -0.2) is 9.97 Å². The van der Waals surface area contributed by atoms with Crippen LogP contribution in [0.3, 0.4) is 0 Å². The number of aromatic nitrogens is 2. The Morgan fingerprint density at radius 2 is 1.81 bits per heavy atom. The maximum Gasteiger partial charge on any atom is 0.227 e. The average Bonchev–Trinajstić information content (AvgIpc) is 3.21. The van der Waals surface area contributed by atoms with E-state index in [9.17, 15) is 4.79 Å². The summed E-state index contributed by atoms with van der Waals surface area (Å²) in [5.41, 5.74) is 1.95. The number of benzene rings is 1. The van der Waals surface area contributed by atoms with Crippen molar-refractivity contribution in [3.8, 4) is 0 Å². The summed E-state index contributed by atoms with van der Waals surface area (Å²) >= 11 is 1.50. The largest absolute Gasteiger partial charge is 0.354 e. The standard InChI is InChI=1S/C24H29N5OS/c1-24(2,19-8-4-3-5-9-19)16-22(30)27-23-26-20(18-31-23)17-28-12-14-29(15-13-28)21-10-6-7-11-25-21/h3-11,18H,12-17H2,1-2H3,(H,26,27,30). The van der Waals surface area contributed by atoms with Gasteiger partial charge >= 0.3 is 0 Å².